The summed E-state index contributed by atoms with van der Waals surface area (Å²) in [5.74, 6) is -0.508. The Bertz CT molecular complexity index is 1540. The number of carbonyl (C=O) groups is 2. The molecule has 0 saturated heterocycles. The molecule has 0 aliphatic rings. The first-order chi connectivity index (χ1) is 38.4. The molecule has 0 bridgehead atoms. The van der Waals surface area contributed by atoms with Gasteiger partial charge in [-0.2, -0.15) is 0 Å². The molecule has 462 valence electrons. The largest absolute Gasteiger partial charge is 0.472 e. The van der Waals surface area contributed by atoms with E-state index in [1.807, 2.05) is 33.3 Å². The Morgan fingerprint density at radius 3 is 1.19 bits per heavy atom. The lowest BCUT2D eigenvalue weighted by Crippen LogP contribution is -2.47. The zero-order chi connectivity index (χ0) is 57.9. The first-order valence-corrected chi connectivity index (χ1v) is 35.1. The minimum absolute atomic E-state index is 0.0382. The van der Waals surface area contributed by atoms with Gasteiger partial charge in [0.05, 0.1) is 33.8 Å². The number of hydrogen-bond donors (Lipinski definition) is 2. The summed E-state index contributed by atoms with van der Waals surface area (Å²) in [6.45, 7) is 7.00. The van der Waals surface area contributed by atoms with Crippen LogP contribution < -0.4 is 5.32 Å². The third kappa shape index (κ3) is 60.1. The van der Waals surface area contributed by atoms with Crippen molar-refractivity contribution in [1.82, 2.24) is 5.32 Å². The molecule has 0 heterocycles. The Labute approximate surface area is 490 Å². The van der Waals surface area contributed by atoms with Crippen LogP contribution >= 0.6 is 7.82 Å². The van der Waals surface area contributed by atoms with E-state index < -0.39 is 20.0 Å². The maximum Gasteiger partial charge on any atom is 0.472 e. The number of hydrogen-bond acceptors (Lipinski definition) is 6. The summed E-state index contributed by atoms with van der Waals surface area (Å²) in [6, 6.07) is -0.854. The summed E-state index contributed by atoms with van der Waals surface area (Å²) in [4.78, 5) is 37.8. The molecule has 79 heavy (non-hydrogen) atoms. The second-order valence-electron chi connectivity index (χ2n) is 24.0. The van der Waals surface area contributed by atoms with Gasteiger partial charge in [0.2, 0.25) is 5.91 Å². The number of allylic oxidation sites excluding steroid dienone is 9. The lowest BCUT2D eigenvalue weighted by Gasteiger charge is -2.27. The molecule has 0 fully saturated rings. The van der Waals surface area contributed by atoms with Crippen LogP contribution in [0.4, 0.5) is 0 Å². The van der Waals surface area contributed by atoms with Crippen molar-refractivity contribution < 1.29 is 37.3 Å². The minimum atomic E-state index is -4.45. The van der Waals surface area contributed by atoms with Crippen molar-refractivity contribution in [2.24, 2.45) is 0 Å². The third-order valence-electron chi connectivity index (χ3n) is 14.9. The lowest BCUT2D eigenvalue weighted by atomic mass is 10.0. The number of ether oxygens (including phenoxy) is 1. The van der Waals surface area contributed by atoms with E-state index in [4.69, 9.17) is 13.8 Å². The van der Waals surface area contributed by atoms with Crippen molar-refractivity contribution in [1.29, 1.82) is 0 Å². The number of rotatable bonds is 61. The van der Waals surface area contributed by atoms with E-state index in [1.165, 1.54) is 193 Å². The predicted octanol–water partition coefficient (Wildman–Crippen LogP) is 21.0. The number of phosphoric ester groups is 1. The number of nitrogens with one attached hydrogen (secondary N) is 1. The molecular weight excluding hydrogens is 1000 g/mol. The van der Waals surface area contributed by atoms with Crippen molar-refractivity contribution in [3.05, 3.63) is 60.8 Å². The van der Waals surface area contributed by atoms with Gasteiger partial charge < -0.3 is 19.4 Å². The van der Waals surface area contributed by atoms with Gasteiger partial charge in [0.1, 0.15) is 19.3 Å². The molecule has 0 rings (SSSR count). The van der Waals surface area contributed by atoms with Crippen LogP contribution in [0.1, 0.15) is 316 Å². The molecular formula is C69H130N2O7P+. The summed E-state index contributed by atoms with van der Waals surface area (Å²) in [5.41, 5.74) is 0. The van der Waals surface area contributed by atoms with Crippen molar-refractivity contribution in [3.8, 4) is 0 Å². The Hall–Kier alpha value is -2.29. The normalized spacial score (nSPS) is 14.0. The molecule has 3 unspecified atom stereocenters. The van der Waals surface area contributed by atoms with Gasteiger partial charge in [-0.15, -0.1) is 0 Å². The zero-order valence-electron chi connectivity index (χ0n) is 52.9. The Kier molecular flexibility index (Phi) is 57.2. The van der Waals surface area contributed by atoms with Crippen molar-refractivity contribution in [2.75, 3.05) is 40.9 Å². The summed E-state index contributed by atoms with van der Waals surface area (Å²) in [7, 11) is 1.49. The number of nitrogens with zero attached hydrogens (tertiary/aromatic N) is 1. The van der Waals surface area contributed by atoms with Crippen LogP contribution in [0, 0.1) is 0 Å². The molecule has 3 atom stereocenters. The van der Waals surface area contributed by atoms with E-state index in [0.717, 1.165) is 89.9 Å². The summed E-state index contributed by atoms with van der Waals surface area (Å²) in [6.07, 6.45) is 75.1. The van der Waals surface area contributed by atoms with Crippen LogP contribution in [0.25, 0.3) is 0 Å². The van der Waals surface area contributed by atoms with Gasteiger partial charge in [-0.3, -0.25) is 18.6 Å². The highest BCUT2D eigenvalue weighted by molar-refractivity contribution is 7.47. The second-order valence-corrected chi connectivity index (χ2v) is 25.4. The Morgan fingerprint density at radius 2 is 0.772 bits per heavy atom. The quantitative estimate of drug-likeness (QED) is 0.0205. The highest BCUT2D eigenvalue weighted by Gasteiger charge is 2.30. The van der Waals surface area contributed by atoms with Crippen molar-refractivity contribution >= 4 is 19.7 Å². The molecule has 0 spiro atoms. The smallest absolute Gasteiger partial charge is 0.456 e. The Balaban J connectivity index is 5.11. The van der Waals surface area contributed by atoms with Crippen LogP contribution in [0.3, 0.4) is 0 Å². The number of unbranched alkanes of at least 4 members (excludes halogenated alkanes) is 37. The van der Waals surface area contributed by atoms with E-state index >= 15 is 0 Å². The average molecular weight is 1130 g/mol. The molecule has 1 amide bonds. The van der Waals surface area contributed by atoms with E-state index in [1.54, 1.807) is 0 Å². The monoisotopic (exact) mass is 1130 g/mol. The fourth-order valence-corrected chi connectivity index (χ4v) is 10.4. The molecule has 0 aliphatic carbocycles. The molecule has 0 saturated carbocycles. The summed E-state index contributed by atoms with van der Waals surface area (Å²) in [5, 5.41) is 3.06. The minimum Gasteiger partial charge on any atom is -0.456 e. The van der Waals surface area contributed by atoms with Crippen LogP contribution in [0.15, 0.2) is 60.8 Å². The number of phosphoric acid groups is 1. The first-order valence-electron chi connectivity index (χ1n) is 33.6. The van der Waals surface area contributed by atoms with Gasteiger partial charge >= 0.3 is 13.8 Å². The van der Waals surface area contributed by atoms with Gasteiger partial charge in [-0.1, -0.05) is 268 Å². The van der Waals surface area contributed by atoms with E-state index in [-0.39, 0.29) is 31.5 Å². The standard InChI is InChI=1S/C69H129N2O7P/c1-7-10-13-16-19-22-25-28-30-32-33-34-35-36-37-38-39-40-42-44-47-50-53-56-59-62-69(73)78-67(60-57-54-51-48-45-27-24-21-18-15-12-9-3)66(65-77-79(74,75)76-64-63-71(4,5)6)70-68(72)61-58-55-52-49-46-43-41-31-29-26-23-20-17-14-11-8-2/h19,22,28,30-31,33-34,41,57,60,66-67H,7-18,20-21,23-27,29,32,35-40,42-56,58-59,61-65H2,1-6H3,(H-,70,72,74,75)/p+1/b22-19-,30-28-,34-33-,41-31+,60-57-. The Morgan fingerprint density at radius 1 is 0.443 bits per heavy atom. The molecule has 0 aromatic heterocycles. The van der Waals surface area contributed by atoms with E-state index in [0.29, 0.717) is 17.4 Å². The second kappa shape index (κ2) is 58.9. The van der Waals surface area contributed by atoms with E-state index in [9.17, 15) is 19.0 Å². The number of carbonyl (C=O) groups excluding carboxylic acids is 2. The van der Waals surface area contributed by atoms with Crippen LogP contribution in [-0.4, -0.2) is 74.3 Å². The van der Waals surface area contributed by atoms with Gasteiger partial charge in [0.25, 0.3) is 0 Å². The topological polar surface area (TPSA) is 111 Å². The van der Waals surface area contributed by atoms with Gasteiger partial charge in [-0.05, 0) is 96.0 Å². The maximum absolute atomic E-state index is 13.6. The molecule has 9 nitrogen and oxygen atoms in total. The molecule has 0 aromatic rings. The average Bonchev–Trinajstić information content (AvgIpc) is 3.41. The lowest BCUT2D eigenvalue weighted by molar-refractivity contribution is -0.870. The number of amides is 1. The highest BCUT2D eigenvalue weighted by atomic mass is 31.2. The highest BCUT2D eigenvalue weighted by Crippen LogP contribution is 2.43. The summed E-state index contributed by atoms with van der Waals surface area (Å²) >= 11 is 0. The van der Waals surface area contributed by atoms with Gasteiger partial charge in [0.15, 0.2) is 0 Å². The van der Waals surface area contributed by atoms with Crippen LogP contribution in [0.5, 0.6) is 0 Å². The molecule has 0 radical (unpaired) electrons. The molecule has 10 heteroatoms. The van der Waals surface area contributed by atoms with Crippen LogP contribution in [0.2, 0.25) is 0 Å². The summed E-state index contributed by atoms with van der Waals surface area (Å²) < 4.78 is 30.8. The fraction of sp³-hybridized carbons (Fsp3) is 0.826. The van der Waals surface area contributed by atoms with Gasteiger partial charge in [-0.25, -0.2) is 4.57 Å². The van der Waals surface area contributed by atoms with Gasteiger partial charge in [0, 0.05) is 12.8 Å². The van der Waals surface area contributed by atoms with Crippen LogP contribution in [-0.2, 0) is 27.9 Å². The zero-order valence-corrected chi connectivity index (χ0v) is 53.8. The maximum atomic E-state index is 13.6. The predicted molar refractivity (Wildman–Crippen MR) is 342 cm³/mol. The van der Waals surface area contributed by atoms with Crippen molar-refractivity contribution in [2.45, 2.75) is 328 Å². The fourth-order valence-electron chi connectivity index (χ4n) is 9.71. The number of esters is 1. The third-order valence-corrected chi connectivity index (χ3v) is 15.9. The molecule has 0 aromatic carbocycles. The first kappa shape index (κ1) is 76.7. The molecule has 2 N–H and O–H groups in total. The van der Waals surface area contributed by atoms with E-state index in [2.05, 4.69) is 74.7 Å². The van der Waals surface area contributed by atoms with Crippen molar-refractivity contribution in [3.63, 3.8) is 0 Å². The number of quaternary nitrogens is 1. The number of likely N-dealkylation sites (N-methyl/N-ethyl adjacent to an activating group) is 1. The molecule has 0 aliphatic heterocycles. The SMILES string of the molecule is CCCCC/C=C\C/C=C\C/C=C\CCCCCCCCCCCCCCC(=O)OC(/C=C\CCCCCCCCCCCC)C(COP(=O)(O)OCC[N+](C)(C)C)NC(=O)CCCCCCC/C=C/CCCCCCCCC.